The van der Waals surface area contributed by atoms with Crippen molar-refractivity contribution in [3.63, 3.8) is 0 Å². The van der Waals surface area contributed by atoms with Gasteiger partial charge < -0.3 is 18.9 Å². The number of thioether (sulfide) groups is 1. The van der Waals surface area contributed by atoms with Crippen LogP contribution in [0.15, 0.2) is 50.8 Å². The van der Waals surface area contributed by atoms with E-state index in [2.05, 4.69) is 20.9 Å². The minimum absolute atomic E-state index is 0.223. The normalized spacial score (nSPS) is 15.4. The van der Waals surface area contributed by atoms with Gasteiger partial charge in [0, 0.05) is 7.05 Å². The van der Waals surface area contributed by atoms with Crippen molar-refractivity contribution in [3.8, 4) is 11.5 Å². The fourth-order valence-electron chi connectivity index (χ4n) is 3.14. The highest BCUT2D eigenvalue weighted by molar-refractivity contribution is 9.10. The van der Waals surface area contributed by atoms with Crippen LogP contribution in [-0.2, 0) is 19.1 Å². The number of amides is 1. The zero-order valence-corrected chi connectivity index (χ0v) is 22.6. The van der Waals surface area contributed by atoms with E-state index in [1.165, 1.54) is 23.8 Å². The Bertz CT molecular complexity index is 1230. The summed E-state index contributed by atoms with van der Waals surface area (Å²) in [4.78, 5) is 42.8. The lowest BCUT2D eigenvalue weighted by Gasteiger charge is -2.14. The number of likely N-dealkylation sites (N-methyl/N-ethyl adjacent to an activating group) is 1. The molecule has 0 atom stereocenters. The molecule has 11 heteroatoms. The number of aliphatic imine (C=N–C) groups is 1. The summed E-state index contributed by atoms with van der Waals surface area (Å²) in [5.74, 6) is -0.397. The van der Waals surface area contributed by atoms with Crippen LogP contribution in [0.25, 0.3) is 6.08 Å². The van der Waals surface area contributed by atoms with Crippen LogP contribution in [0.2, 0.25) is 0 Å². The molecule has 0 aliphatic carbocycles. The lowest BCUT2D eigenvalue weighted by molar-refractivity contribution is -0.145. The van der Waals surface area contributed by atoms with Gasteiger partial charge >= 0.3 is 11.9 Å². The maximum atomic E-state index is 12.9. The predicted octanol–water partition coefficient (Wildman–Crippen LogP) is 4.81. The highest BCUT2D eigenvalue weighted by Gasteiger charge is 2.30. The van der Waals surface area contributed by atoms with Gasteiger partial charge in [0.2, 0.25) is 0 Å². The standard InChI is InChI=1S/C25H25BrN2O7S/c1-5-33-19-11-15(10-18(26)22(19)35-14-21(29)34-6-2)12-20-23(30)28(3)25(36-20)27-17-9-7-8-16(13-17)24(31)32-4/h7-13H,5-6,14H2,1-4H3. The first-order valence-electron chi connectivity index (χ1n) is 11.0. The maximum Gasteiger partial charge on any atom is 0.344 e. The number of ether oxygens (including phenoxy) is 4. The molecule has 9 nitrogen and oxygen atoms in total. The molecule has 0 bridgehead atoms. The van der Waals surface area contributed by atoms with Gasteiger partial charge in [0.1, 0.15) is 0 Å². The number of carbonyl (C=O) groups excluding carboxylic acids is 3. The van der Waals surface area contributed by atoms with Gasteiger partial charge in [-0.1, -0.05) is 6.07 Å². The molecule has 190 valence electrons. The lowest BCUT2D eigenvalue weighted by atomic mass is 10.2. The summed E-state index contributed by atoms with van der Waals surface area (Å²) in [5, 5.41) is 0.465. The molecule has 1 aliphatic rings. The summed E-state index contributed by atoms with van der Waals surface area (Å²) in [5.41, 5.74) is 1.57. The van der Waals surface area contributed by atoms with Crippen molar-refractivity contribution in [2.75, 3.05) is 34.0 Å². The van der Waals surface area contributed by atoms with Crippen molar-refractivity contribution in [2.24, 2.45) is 4.99 Å². The van der Waals surface area contributed by atoms with Gasteiger partial charge in [-0.15, -0.1) is 0 Å². The van der Waals surface area contributed by atoms with Gasteiger partial charge in [-0.3, -0.25) is 9.69 Å². The molecular weight excluding hydrogens is 552 g/mol. The van der Waals surface area contributed by atoms with E-state index in [4.69, 9.17) is 18.9 Å². The second-order valence-electron chi connectivity index (χ2n) is 7.27. The fourth-order valence-corrected chi connectivity index (χ4v) is 4.70. The maximum absolute atomic E-state index is 12.9. The lowest BCUT2D eigenvalue weighted by Crippen LogP contribution is -2.23. The Balaban J connectivity index is 1.87. The molecule has 36 heavy (non-hydrogen) atoms. The van der Waals surface area contributed by atoms with Crippen LogP contribution in [0, 0.1) is 0 Å². The van der Waals surface area contributed by atoms with E-state index in [1.807, 2.05) is 6.92 Å². The van der Waals surface area contributed by atoms with Crippen LogP contribution < -0.4 is 9.47 Å². The van der Waals surface area contributed by atoms with Gasteiger partial charge in [0.25, 0.3) is 5.91 Å². The summed E-state index contributed by atoms with van der Waals surface area (Å²) >= 11 is 4.67. The topological polar surface area (TPSA) is 104 Å². The minimum atomic E-state index is -0.488. The molecule has 0 N–H and O–H groups in total. The molecule has 0 spiro atoms. The van der Waals surface area contributed by atoms with Gasteiger partial charge in [-0.05, 0) is 83.5 Å². The van der Waals surface area contributed by atoms with Gasteiger partial charge in [-0.2, -0.15) is 0 Å². The van der Waals surface area contributed by atoms with E-state index < -0.39 is 11.9 Å². The first kappa shape index (κ1) is 27.3. The van der Waals surface area contributed by atoms with Crippen molar-refractivity contribution in [1.82, 2.24) is 4.90 Å². The van der Waals surface area contributed by atoms with Crippen molar-refractivity contribution >= 4 is 62.5 Å². The Morgan fingerprint density at radius 1 is 1.14 bits per heavy atom. The Hall–Kier alpha value is -3.31. The van der Waals surface area contributed by atoms with Gasteiger partial charge in [0.15, 0.2) is 23.3 Å². The van der Waals surface area contributed by atoms with Crippen LogP contribution in [-0.4, -0.2) is 61.9 Å². The Morgan fingerprint density at radius 2 is 1.92 bits per heavy atom. The molecule has 3 rings (SSSR count). The summed E-state index contributed by atoms with van der Waals surface area (Å²) in [6.45, 7) is 3.92. The second-order valence-corrected chi connectivity index (χ2v) is 9.13. The van der Waals surface area contributed by atoms with Crippen LogP contribution in [0.4, 0.5) is 5.69 Å². The number of rotatable bonds is 9. The van der Waals surface area contributed by atoms with Crippen molar-refractivity contribution in [1.29, 1.82) is 0 Å². The monoisotopic (exact) mass is 576 g/mol. The zero-order valence-electron chi connectivity index (χ0n) is 20.2. The molecule has 0 unspecified atom stereocenters. The molecule has 2 aromatic rings. The van der Waals surface area contributed by atoms with E-state index >= 15 is 0 Å². The third-order valence-corrected chi connectivity index (χ3v) is 6.41. The first-order chi connectivity index (χ1) is 17.3. The minimum Gasteiger partial charge on any atom is -0.490 e. The number of esters is 2. The molecule has 0 radical (unpaired) electrons. The molecule has 1 fully saturated rings. The molecule has 0 aromatic heterocycles. The van der Waals surface area contributed by atoms with Crippen LogP contribution in [0.3, 0.4) is 0 Å². The largest absolute Gasteiger partial charge is 0.490 e. The highest BCUT2D eigenvalue weighted by Crippen LogP contribution is 2.39. The average Bonchev–Trinajstić information content (AvgIpc) is 3.11. The van der Waals surface area contributed by atoms with Crippen molar-refractivity contribution < 1.29 is 33.3 Å². The predicted molar refractivity (Wildman–Crippen MR) is 141 cm³/mol. The average molecular weight is 577 g/mol. The molecular formula is C25H25BrN2O7S. The number of methoxy groups -OCH3 is 1. The number of halogens is 1. The number of nitrogens with zero attached hydrogens (tertiary/aromatic N) is 2. The van der Waals surface area contributed by atoms with E-state index in [-0.39, 0.29) is 19.1 Å². The number of benzene rings is 2. The molecule has 1 aliphatic heterocycles. The summed E-state index contributed by atoms with van der Waals surface area (Å²) < 4.78 is 21.5. The smallest absolute Gasteiger partial charge is 0.344 e. The number of hydrogen-bond donors (Lipinski definition) is 0. The zero-order chi connectivity index (χ0) is 26.2. The molecule has 1 saturated heterocycles. The number of hydrogen-bond acceptors (Lipinski definition) is 9. The quantitative estimate of drug-likeness (QED) is 0.309. The summed E-state index contributed by atoms with van der Waals surface area (Å²) in [7, 11) is 2.94. The van der Waals surface area contributed by atoms with E-state index in [0.29, 0.717) is 49.5 Å². The Kier molecular flexibility index (Phi) is 9.54. The number of amidine groups is 1. The van der Waals surface area contributed by atoms with Crippen LogP contribution in [0.1, 0.15) is 29.8 Å². The molecule has 2 aromatic carbocycles. The van der Waals surface area contributed by atoms with E-state index in [1.54, 1.807) is 56.4 Å². The second kappa shape index (κ2) is 12.6. The Labute approximate surface area is 221 Å². The van der Waals surface area contributed by atoms with Gasteiger partial charge in [0.05, 0.1) is 41.0 Å². The van der Waals surface area contributed by atoms with Crippen molar-refractivity contribution in [3.05, 3.63) is 56.9 Å². The van der Waals surface area contributed by atoms with E-state index in [0.717, 1.165) is 0 Å². The molecule has 1 amide bonds. The van der Waals surface area contributed by atoms with Crippen LogP contribution >= 0.6 is 27.7 Å². The Morgan fingerprint density at radius 3 is 2.61 bits per heavy atom. The third kappa shape index (κ3) is 6.67. The van der Waals surface area contributed by atoms with Gasteiger partial charge in [-0.25, -0.2) is 14.6 Å². The SMILES string of the molecule is CCOC(=O)COc1c(Br)cc(C=C2SC(=Nc3cccc(C(=O)OC)c3)N(C)C2=O)cc1OCC. The third-order valence-electron chi connectivity index (χ3n) is 4.76. The summed E-state index contributed by atoms with van der Waals surface area (Å²) in [6.07, 6.45) is 1.72. The number of carbonyl (C=O) groups is 3. The first-order valence-corrected chi connectivity index (χ1v) is 12.6. The molecule has 0 saturated carbocycles. The van der Waals surface area contributed by atoms with Crippen LogP contribution in [0.5, 0.6) is 11.5 Å². The highest BCUT2D eigenvalue weighted by atomic mass is 79.9. The van der Waals surface area contributed by atoms with Crippen molar-refractivity contribution in [2.45, 2.75) is 13.8 Å². The van der Waals surface area contributed by atoms with E-state index in [9.17, 15) is 14.4 Å². The molecule has 1 heterocycles. The summed E-state index contributed by atoms with van der Waals surface area (Å²) in [6, 6.07) is 10.2. The fraction of sp³-hybridized carbons (Fsp3) is 0.280.